The average molecular weight is 206 g/mol. The van der Waals surface area contributed by atoms with Crippen molar-refractivity contribution >= 4 is 17.3 Å². The molecule has 1 saturated heterocycles. The molecule has 1 aliphatic rings. The van der Waals surface area contributed by atoms with Crippen molar-refractivity contribution in [3.05, 3.63) is 23.8 Å². The molecule has 0 radical (unpaired) electrons. The van der Waals surface area contributed by atoms with Crippen molar-refractivity contribution in [2.45, 2.75) is 19.4 Å². The number of nitrogens with zero attached hydrogens (tertiary/aromatic N) is 1. The number of carbonyl (C=O) groups excluding carboxylic acids is 1. The molecule has 1 unspecified atom stereocenters. The summed E-state index contributed by atoms with van der Waals surface area (Å²) in [6.45, 7) is 2.28. The van der Waals surface area contributed by atoms with Crippen LogP contribution in [0.5, 0.6) is 0 Å². The van der Waals surface area contributed by atoms with Crippen LogP contribution < -0.4 is 10.6 Å². The maximum atomic E-state index is 11.5. The van der Waals surface area contributed by atoms with Crippen molar-refractivity contribution in [1.29, 1.82) is 0 Å². The molecular formula is C11H14N2O2. The number of aryl methyl sites for hydroxylation is 1. The van der Waals surface area contributed by atoms with Crippen LogP contribution in [0, 0.1) is 6.92 Å². The largest absolute Gasteiger partial charge is 0.397 e. The summed E-state index contributed by atoms with van der Waals surface area (Å²) in [7, 11) is 0. The highest BCUT2D eigenvalue weighted by atomic mass is 16.3. The molecule has 1 fully saturated rings. The van der Waals surface area contributed by atoms with Crippen LogP contribution in [0.25, 0.3) is 0 Å². The standard InChI is InChI=1S/C11H14N2O2/c1-7-2-3-10(9(12)4-7)13-6-8(14)5-11(13)15/h2-4,8,14H,5-6,12H2,1H3. The normalized spacial score (nSPS) is 21.1. The zero-order valence-electron chi connectivity index (χ0n) is 8.60. The lowest BCUT2D eigenvalue weighted by Crippen LogP contribution is -2.26. The summed E-state index contributed by atoms with van der Waals surface area (Å²) in [6, 6.07) is 5.55. The van der Waals surface area contributed by atoms with Gasteiger partial charge in [0, 0.05) is 0 Å². The third-order valence-corrected chi connectivity index (χ3v) is 2.58. The molecule has 0 saturated carbocycles. The van der Waals surface area contributed by atoms with Crippen molar-refractivity contribution in [3.8, 4) is 0 Å². The zero-order valence-corrected chi connectivity index (χ0v) is 8.60. The third kappa shape index (κ3) is 1.80. The van der Waals surface area contributed by atoms with Crippen molar-refractivity contribution in [2.75, 3.05) is 17.2 Å². The zero-order chi connectivity index (χ0) is 11.0. The predicted molar refractivity (Wildman–Crippen MR) is 58.6 cm³/mol. The third-order valence-electron chi connectivity index (χ3n) is 2.58. The Morgan fingerprint density at radius 1 is 1.53 bits per heavy atom. The average Bonchev–Trinajstić information content (AvgIpc) is 2.45. The van der Waals surface area contributed by atoms with Gasteiger partial charge in [-0.3, -0.25) is 4.79 Å². The second-order valence-corrected chi connectivity index (χ2v) is 3.92. The van der Waals surface area contributed by atoms with Gasteiger partial charge in [-0.25, -0.2) is 0 Å². The van der Waals surface area contributed by atoms with Crippen LogP contribution in [-0.4, -0.2) is 23.7 Å². The first kappa shape index (κ1) is 9.98. The highest BCUT2D eigenvalue weighted by Crippen LogP contribution is 2.28. The van der Waals surface area contributed by atoms with Gasteiger partial charge in [-0.15, -0.1) is 0 Å². The molecule has 0 aromatic heterocycles. The molecule has 0 bridgehead atoms. The van der Waals surface area contributed by atoms with E-state index in [0.29, 0.717) is 17.9 Å². The highest BCUT2D eigenvalue weighted by Gasteiger charge is 2.29. The number of hydrogen-bond acceptors (Lipinski definition) is 3. The first-order valence-electron chi connectivity index (χ1n) is 4.92. The van der Waals surface area contributed by atoms with Crippen LogP contribution in [0.2, 0.25) is 0 Å². The SMILES string of the molecule is Cc1ccc(N2CC(O)CC2=O)c(N)c1. The Balaban J connectivity index is 2.34. The molecule has 80 valence electrons. The summed E-state index contributed by atoms with van der Waals surface area (Å²) in [5.41, 5.74) is 8.17. The summed E-state index contributed by atoms with van der Waals surface area (Å²) in [5, 5.41) is 9.37. The van der Waals surface area contributed by atoms with Crippen LogP contribution >= 0.6 is 0 Å². The Morgan fingerprint density at radius 2 is 2.27 bits per heavy atom. The number of benzene rings is 1. The first-order chi connectivity index (χ1) is 7.08. The van der Waals surface area contributed by atoms with E-state index in [1.807, 2.05) is 25.1 Å². The number of amides is 1. The Bertz CT molecular complexity index is 404. The molecule has 2 rings (SSSR count). The number of nitrogens with two attached hydrogens (primary N) is 1. The van der Waals surface area contributed by atoms with E-state index in [1.165, 1.54) is 0 Å². The molecule has 1 atom stereocenters. The maximum Gasteiger partial charge on any atom is 0.229 e. The molecule has 0 spiro atoms. The van der Waals surface area contributed by atoms with Gasteiger partial charge in [0.2, 0.25) is 5.91 Å². The predicted octanol–water partition coefficient (Wildman–Crippen LogP) is 0.675. The molecule has 1 amide bonds. The van der Waals surface area contributed by atoms with Crippen molar-refractivity contribution in [1.82, 2.24) is 0 Å². The number of anilines is 2. The Morgan fingerprint density at radius 3 is 2.80 bits per heavy atom. The van der Waals surface area contributed by atoms with Gasteiger partial charge in [0.15, 0.2) is 0 Å². The first-order valence-corrected chi connectivity index (χ1v) is 4.92. The minimum absolute atomic E-state index is 0.0712. The minimum Gasteiger partial charge on any atom is -0.397 e. The second kappa shape index (κ2) is 3.55. The van der Waals surface area contributed by atoms with Gasteiger partial charge in [-0.05, 0) is 24.6 Å². The number of carbonyl (C=O) groups is 1. The van der Waals surface area contributed by atoms with Crippen LogP contribution in [0.1, 0.15) is 12.0 Å². The fraction of sp³-hybridized carbons (Fsp3) is 0.364. The van der Waals surface area contributed by atoms with Crippen LogP contribution in [0.4, 0.5) is 11.4 Å². The summed E-state index contributed by atoms with van der Waals surface area (Å²) in [5.74, 6) is -0.0712. The number of aliphatic hydroxyl groups excluding tert-OH is 1. The molecule has 1 aromatic rings. The van der Waals surface area contributed by atoms with E-state index >= 15 is 0 Å². The minimum atomic E-state index is -0.571. The molecule has 15 heavy (non-hydrogen) atoms. The molecule has 3 N–H and O–H groups in total. The monoisotopic (exact) mass is 206 g/mol. The van der Waals surface area contributed by atoms with Crippen LogP contribution in [0.15, 0.2) is 18.2 Å². The molecule has 4 heteroatoms. The summed E-state index contributed by atoms with van der Waals surface area (Å²) in [4.78, 5) is 13.1. The molecule has 0 aliphatic carbocycles. The number of nitrogen functional groups attached to an aromatic ring is 1. The number of aliphatic hydroxyl groups is 1. The van der Waals surface area contributed by atoms with Gasteiger partial charge >= 0.3 is 0 Å². The summed E-state index contributed by atoms with van der Waals surface area (Å²) >= 11 is 0. The summed E-state index contributed by atoms with van der Waals surface area (Å²) in [6.07, 6.45) is -0.383. The lowest BCUT2D eigenvalue weighted by Gasteiger charge is -2.18. The quantitative estimate of drug-likeness (QED) is 0.664. The van der Waals surface area contributed by atoms with Gasteiger partial charge < -0.3 is 15.7 Å². The van der Waals surface area contributed by atoms with E-state index in [9.17, 15) is 9.90 Å². The van der Waals surface area contributed by atoms with E-state index in [1.54, 1.807) is 4.90 Å². The number of β-amino-alcohol motifs (C(OH)–C–C–N with tert-alkyl or cyclic N) is 1. The molecule has 1 aromatic carbocycles. The fourth-order valence-electron chi connectivity index (χ4n) is 1.84. The van der Waals surface area contributed by atoms with Crippen molar-refractivity contribution in [3.63, 3.8) is 0 Å². The van der Waals surface area contributed by atoms with Gasteiger partial charge in [-0.1, -0.05) is 6.07 Å². The van der Waals surface area contributed by atoms with Gasteiger partial charge in [0.25, 0.3) is 0 Å². The maximum absolute atomic E-state index is 11.5. The fourth-order valence-corrected chi connectivity index (χ4v) is 1.84. The highest BCUT2D eigenvalue weighted by molar-refractivity contribution is 5.98. The van der Waals surface area contributed by atoms with Gasteiger partial charge in [0.1, 0.15) is 0 Å². The van der Waals surface area contributed by atoms with E-state index in [4.69, 9.17) is 5.73 Å². The molecular weight excluding hydrogens is 192 g/mol. The Labute approximate surface area is 88.3 Å². The Kier molecular flexibility index (Phi) is 2.36. The van der Waals surface area contributed by atoms with E-state index < -0.39 is 6.10 Å². The van der Waals surface area contributed by atoms with Gasteiger partial charge in [0.05, 0.1) is 30.4 Å². The lowest BCUT2D eigenvalue weighted by atomic mass is 10.2. The lowest BCUT2D eigenvalue weighted by molar-refractivity contribution is -0.117. The number of rotatable bonds is 1. The second-order valence-electron chi connectivity index (χ2n) is 3.92. The van der Waals surface area contributed by atoms with E-state index in [0.717, 1.165) is 5.56 Å². The van der Waals surface area contributed by atoms with E-state index in [2.05, 4.69) is 0 Å². The van der Waals surface area contributed by atoms with Crippen LogP contribution in [-0.2, 0) is 4.79 Å². The topological polar surface area (TPSA) is 66.6 Å². The summed E-state index contributed by atoms with van der Waals surface area (Å²) < 4.78 is 0. The van der Waals surface area contributed by atoms with Crippen LogP contribution in [0.3, 0.4) is 0 Å². The Hall–Kier alpha value is -1.55. The molecule has 1 aliphatic heterocycles. The van der Waals surface area contributed by atoms with Crippen molar-refractivity contribution in [2.24, 2.45) is 0 Å². The smallest absolute Gasteiger partial charge is 0.229 e. The van der Waals surface area contributed by atoms with E-state index in [-0.39, 0.29) is 12.3 Å². The number of hydrogen-bond donors (Lipinski definition) is 2. The van der Waals surface area contributed by atoms with Gasteiger partial charge in [-0.2, -0.15) is 0 Å². The molecule has 4 nitrogen and oxygen atoms in total. The van der Waals surface area contributed by atoms with Crippen molar-refractivity contribution < 1.29 is 9.90 Å². The molecule has 1 heterocycles.